The molecule has 4 aromatic carbocycles. The fraction of sp³-hybridized carbons (Fsp3) is 0.508. The SMILES string of the molecule is Cc1ncsc1-c1ccc(CCNC(=O)C2CC(O)CN2C(=O)[C@@H](NC(=O)COCCOCCOCCOC2CCN(C[C@@H](CO)c3nc(N4CCNCC4)c4cc(Cl)c(-c5cc(O)cc6ccccc56)c(F)c4n3)CC2)C(C)(C)C)cc1. The number of piperidine rings is 1. The Balaban J connectivity index is 0.664. The fourth-order valence-corrected chi connectivity index (χ4v) is 12.2. The van der Waals surface area contributed by atoms with E-state index in [4.69, 9.17) is 40.5 Å². The van der Waals surface area contributed by atoms with Gasteiger partial charge >= 0.3 is 0 Å². The Morgan fingerprint density at radius 1 is 0.916 bits per heavy atom. The zero-order valence-corrected chi connectivity index (χ0v) is 49.3. The quantitative estimate of drug-likeness (QED) is 0.0348. The van der Waals surface area contributed by atoms with E-state index in [2.05, 4.69) is 30.7 Å². The highest BCUT2D eigenvalue weighted by atomic mass is 35.5. The number of carbonyl (C=O) groups is 3. The molecule has 83 heavy (non-hydrogen) atoms. The molecule has 0 spiro atoms. The van der Waals surface area contributed by atoms with Crippen LogP contribution in [0.4, 0.5) is 10.2 Å². The predicted octanol–water partition coefficient (Wildman–Crippen LogP) is 6.25. The van der Waals surface area contributed by atoms with Crippen LogP contribution in [0.25, 0.3) is 43.2 Å². The molecule has 2 unspecified atom stereocenters. The molecule has 3 amide bonds. The van der Waals surface area contributed by atoms with Gasteiger partial charge in [-0.1, -0.05) is 80.9 Å². The van der Waals surface area contributed by atoms with Crippen LogP contribution in [0.3, 0.4) is 0 Å². The van der Waals surface area contributed by atoms with Crippen LogP contribution in [0.1, 0.15) is 63.0 Å². The summed E-state index contributed by atoms with van der Waals surface area (Å²) in [4.78, 5) is 61.6. The number of nitrogens with zero attached hydrogens (tertiary/aromatic N) is 6. The number of nitrogens with one attached hydrogen (secondary N) is 3. The van der Waals surface area contributed by atoms with E-state index in [-0.39, 0.29) is 73.3 Å². The number of piperazine rings is 1. The number of aryl methyl sites for hydroxylation is 1. The van der Waals surface area contributed by atoms with Gasteiger partial charge in [-0.05, 0) is 77.3 Å². The number of thiazole rings is 1. The Hall–Kier alpha value is -5.98. The van der Waals surface area contributed by atoms with E-state index in [0.717, 1.165) is 71.5 Å². The molecule has 6 N–H and O–H groups in total. The van der Waals surface area contributed by atoms with E-state index in [1.807, 2.05) is 81.7 Å². The second kappa shape index (κ2) is 28.7. The van der Waals surface area contributed by atoms with Crippen LogP contribution >= 0.6 is 22.9 Å². The lowest BCUT2D eigenvalue weighted by Crippen LogP contribution is -2.58. The van der Waals surface area contributed by atoms with Gasteiger partial charge in [0.1, 0.15) is 41.6 Å². The Bertz CT molecular complexity index is 3170. The number of fused-ring (bicyclic) bond motifs is 2. The van der Waals surface area contributed by atoms with Crippen molar-refractivity contribution in [1.29, 1.82) is 0 Å². The first-order chi connectivity index (χ1) is 40.1. The molecule has 22 heteroatoms. The number of likely N-dealkylation sites (tertiary alicyclic amines) is 2. The molecule has 6 aromatic rings. The van der Waals surface area contributed by atoms with E-state index >= 15 is 4.39 Å². The summed E-state index contributed by atoms with van der Waals surface area (Å²) in [5.41, 5.74) is 4.94. The van der Waals surface area contributed by atoms with Crippen molar-refractivity contribution in [3.8, 4) is 27.3 Å². The summed E-state index contributed by atoms with van der Waals surface area (Å²) < 4.78 is 40.3. The smallest absolute Gasteiger partial charge is 0.246 e. The number of ether oxygens (including phenoxy) is 4. The number of hydrogen-bond donors (Lipinski definition) is 6. The average Bonchev–Trinajstić information content (AvgIpc) is 3.88. The van der Waals surface area contributed by atoms with Crippen molar-refractivity contribution in [1.82, 2.24) is 40.7 Å². The van der Waals surface area contributed by atoms with Gasteiger partial charge in [0, 0.05) is 76.3 Å². The average molecular weight is 1180 g/mol. The first-order valence-corrected chi connectivity index (χ1v) is 29.9. The Labute approximate surface area is 492 Å². The minimum atomic E-state index is -0.976. The van der Waals surface area contributed by atoms with Crippen molar-refractivity contribution >= 4 is 68.2 Å². The van der Waals surface area contributed by atoms with Gasteiger partial charge in [0.25, 0.3) is 0 Å². The number of carbonyl (C=O) groups excluding carboxylic acids is 3. The summed E-state index contributed by atoms with van der Waals surface area (Å²) in [6.07, 6.45) is 1.40. The molecule has 2 aromatic heterocycles. The van der Waals surface area contributed by atoms with E-state index in [1.54, 1.807) is 23.5 Å². The number of hydrogen-bond acceptors (Lipinski definition) is 17. The molecule has 3 saturated heterocycles. The minimum absolute atomic E-state index is 0.00939. The van der Waals surface area contributed by atoms with Crippen LogP contribution < -0.4 is 20.9 Å². The molecule has 19 nitrogen and oxygen atoms in total. The van der Waals surface area contributed by atoms with E-state index in [0.29, 0.717) is 81.6 Å². The molecule has 9 rings (SSSR count). The second-order valence-corrected chi connectivity index (χ2v) is 23.9. The van der Waals surface area contributed by atoms with Crippen molar-refractivity contribution in [2.24, 2.45) is 5.41 Å². The lowest BCUT2D eigenvalue weighted by molar-refractivity contribution is -0.144. The van der Waals surface area contributed by atoms with Crippen molar-refractivity contribution in [3.63, 3.8) is 0 Å². The van der Waals surface area contributed by atoms with Gasteiger partial charge in [0.2, 0.25) is 17.7 Å². The molecule has 0 radical (unpaired) electrons. The topological polar surface area (TPSA) is 233 Å². The molecule has 0 saturated carbocycles. The lowest BCUT2D eigenvalue weighted by Gasteiger charge is -2.35. The number of β-amino-alcohol motifs (C(OH)–C–C–N with tert-alkyl or cyclic N) is 1. The molecular formula is C61H77ClFN9O10S. The zero-order valence-electron chi connectivity index (χ0n) is 47.7. The van der Waals surface area contributed by atoms with Crippen LogP contribution in [0, 0.1) is 18.2 Å². The Kier molecular flexibility index (Phi) is 21.3. The van der Waals surface area contributed by atoms with Crippen LogP contribution in [0.5, 0.6) is 5.75 Å². The monoisotopic (exact) mass is 1180 g/mol. The maximum atomic E-state index is 17.1. The van der Waals surface area contributed by atoms with Gasteiger partial charge in [-0.3, -0.25) is 14.4 Å². The molecule has 0 bridgehead atoms. The van der Waals surface area contributed by atoms with Gasteiger partial charge in [-0.15, -0.1) is 11.3 Å². The number of aliphatic hydroxyl groups excluding tert-OH is 2. The van der Waals surface area contributed by atoms with Crippen LogP contribution in [0.15, 0.2) is 72.2 Å². The van der Waals surface area contributed by atoms with Crippen LogP contribution in [-0.4, -0.2) is 194 Å². The number of rotatable bonds is 25. The number of benzene rings is 4. The maximum Gasteiger partial charge on any atom is 0.246 e. The highest BCUT2D eigenvalue weighted by molar-refractivity contribution is 7.13. The first kappa shape index (κ1) is 61.6. The molecule has 3 aliphatic rings. The number of aliphatic hydroxyl groups is 2. The number of aromatic hydroxyl groups is 1. The third-order valence-corrected chi connectivity index (χ3v) is 16.8. The van der Waals surface area contributed by atoms with Crippen molar-refractivity contribution in [2.75, 3.05) is 117 Å². The molecule has 3 fully saturated rings. The Morgan fingerprint density at radius 3 is 2.33 bits per heavy atom. The summed E-state index contributed by atoms with van der Waals surface area (Å²) >= 11 is 8.52. The molecule has 4 atom stereocenters. The molecule has 5 heterocycles. The number of halogens is 2. The summed E-state index contributed by atoms with van der Waals surface area (Å²) in [6.45, 7) is 13.8. The highest BCUT2D eigenvalue weighted by Gasteiger charge is 2.44. The summed E-state index contributed by atoms with van der Waals surface area (Å²) in [5, 5.41) is 43.3. The highest BCUT2D eigenvalue weighted by Crippen LogP contribution is 2.43. The van der Waals surface area contributed by atoms with Gasteiger partial charge in [-0.25, -0.2) is 19.3 Å². The molecular weight excluding hydrogens is 1110 g/mol. The van der Waals surface area contributed by atoms with E-state index in [9.17, 15) is 29.7 Å². The van der Waals surface area contributed by atoms with Crippen molar-refractivity contribution < 1.29 is 53.0 Å². The molecule has 446 valence electrons. The van der Waals surface area contributed by atoms with Gasteiger partial charge in [0.15, 0.2) is 5.82 Å². The first-order valence-electron chi connectivity index (χ1n) is 28.7. The van der Waals surface area contributed by atoms with Crippen LogP contribution in [-0.2, 0) is 39.8 Å². The summed E-state index contributed by atoms with van der Waals surface area (Å²) in [5.74, 6) is -1.49. The predicted molar refractivity (Wildman–Crippen MR) is 318 cm³/mol. The van der Waals surface area contributed by atoms with Gasteiger partial charge in [0.05, 0.1) is 85.5 Å². The number of amides is 3. The Morgan fingerprint density at radius 2 is 1.63 bits per heavy atom. The van der Waals surface area contributed by atoms with Crippen molar-refractivity contribution in [2.45, 2.75) is 83.6 Å². The molecule has 0 aliphatic carbocycles. The maximum absolute atomic E-state index is 17.1. The van der Waals surface area contributed by atoms with Crippen molar-refractivity contribution in [3.05, 3.63) is 100 Å². The third-order valence-electron chi connectivity index (χ3n) is 15.5. The lowest BCUT2D eigenvalue weighted by atomic mass is 9.85. The largest absolute Gasteiger partial charge is 0.508 e. The van der Waals surface area contributed by atoms with E-state index < -0.39 is 47.2 Å². The fourth-order valence-electron chi connectivity index (χ4n) is 11.1. The molecule has 3 aliphatic heterocycles. The number of phenolic OH excluding ortho intramolecular Hbond substituents is 1. The normalized spacial score (nSPS) is 18.0. The number of aromatic nitrogens is 3. The van der Waals surface area contributed by atoms with E-state index in [1.165, 1.54) is 11.0 Å². The number of phenols is 1. The van der Waals surface area contributed by atoms with Gasteiger partial charge < -0.3 is 64.9 Å². The second-order valence-electron chi connectivity index (χ2n) is 22.6. The standard InChI is InChI=1S/C61H77ClFN9O10S/c1-38-55(83-37-66-38)40-11-9-39(10-12-40)13-16-65-59(77)50-31-44(75)34-72(50)60(78)56(61(2,3)4)67-51(76)36-81-26-25-79-23-24-80-27-28-82-45-14-19-70(20-15-45)33-42(35-73)57-68-54-48(58(69-57)71-21-17-64-18-22-71)32-49(62)52(53(54)63)47-30-43(74)29-41-7-5-6-8-46(41)47/h5-12,29-30,32,37,42,44-45,50,56,64,73-75H,13-28,31,33-36H2,1-4H3,(H,65,77)(H,67,76)/t42-,44?,50?,56+/m0/s1. The zero-order chi connectivity index (χ0) is 58.6. The van der Waals surface area contributed by atoms with Gasteiger partial charge in [-0.2, -0.15) is 0 Å². The van der Waals surface area contributed by atoms with Crippen LogP contribution in [0.2, 0.25) is 5.02 Å². The minimum Gasteiger partial charge on any atom is -0.508 e. The summed E-state index contributed by atoms with van der Waals surface area (Å²) in [7, 11) is 0. The number of anilines is 1. The summed E-state index contributed by atoms with van der Waals surface area (Å²) in [6, 6.07) is 18.6. The third kappa shape index (κ3) is 15.7.